The normalized spacial score (nSPS) is 10.5. The molecule has 0 bridgehead atoms. The van der Waals surface area contributed by atoms with Crippen molar-refractivity contribution in [3.8, 4) is 11.5 Å². The number of carbonyl (C=O) groups is 2. The monoisotopic (exact) mass is 415 g/mol. The first-order chi connectivity index (χ1) is 15.0. The van der Waals surface area contributed by atoms with E-state index in [1.165, 1.54) is 31.4 Å². The smallest absolute Gasteiger partial charge is 0.269 e. The van der Waals surface area contributed by atoms with E-state index in [1.807, 2.05) is 18.2 Å². The summed E-state index contributed by atoms with van der Waals surface area (Å²) in [4.78, 5) is 28.3. The first-order valence-electron chi connectivity index (χ1n) is 9.50. The number of nitrogens with one attached hydrogen (secondary N) is 2. The van der Waals surface area contributed by atoms with Crippen molar-refractivity contribution in [2.75, 3.05) is 12.4 Å². The zero-order valence-corrected chi connectivity index (χ0v) is 16.6. The van der Waals surface area contributed by atoms with Crippen LogP contribution >= 0.6 is 0 Å². The molecule has 1 heterocycles. The molecular formula is C24H18FN3O3. The molecule has 154 valence electrons. The number of amides is 2. The number of pyridine rings is 1. The fourth-order valence-corrected chi connectivity index (χ4v) is 3.13. The number of hydrogen-bond acceptors (Lipinski definition) is 4. The number of halogens is 1. The van der Waals surface area contributed by atoms with Crippen molar-refractivity contribution >= 4 is 28.3 Å². The Morgan fingerprint density at radius 3 is 2.52 bits per heavy atom. The third-order valence-electron chi connectivity index (χ3n) is 4.65. The fraction of sp³-hybridized carbons (Fsp3) is 0.0417. The van der Waals surface area contributed by atoms with Crippen LogP contribution in [0, 0.1) is 5.82 Å². The van der Waals surface area contributed by atoms with Gasteiger partial charge in [-0.15, -0.1) is 0 Å². The maximum atomic E-state index is 13.9. The van der Waals surface area contributed by atoms with Gasteiger partial charge in [-0.1, -0.05) is 24.3 Å². The van der Waals surface area contributed by atoms with Crippen molar-refractivity contribution in [3.05, 3.63) is 96.1 Å². The van der Waals surface area contributed by atoms with Gasteiger partial charge in [0.15, 0.2) is 0 Å². The van der Waals surface area contributed by atoms with Gasteiger partial charge in [-0.2, -0.15) is 0 Å². The molecule has 0 spiro atoms. The summed E-state index contributed by atoms with van der Waals surface area (Å²) in [6, 6.07) is 19.8. The summed E-state index contributed by atoms with van der Waals surface area (Å²) < 4.78 is 19.8. The van der Waals surface area contributed by atoms with Crippen molar-refractivity contribution in [2.45, 2.75) is 0 Å². The minimum atomic E-state index is -0.579. The van der Waals surface area contributed by atoms with Crippen LogP contribution in [0.5, 0.6) is 11.5 Å². The summed E-state index contributed by atoms with van der Waals surface area (Å²) in [5.41, 5.74) is 0.783. The van der Waals surface area contributed by atoms with Gasteiger partial charge in [-0.05, 0) is 47.9 Å². The maximum absolute atomic E-state index is 13.9. The fourth-order valence-electron chi connectivity index (χ4n) is 3.13. The predicted octanol–water partition coefficient (Wildman–Crippen LogP) is 4.78. The second kappa shape index (κ2) is 8.62. The Kier molecular flexibility index (Phi) is 5.57. The zero-order valence-electron chi connectivity index (χ0n) is 16.6. The van der Waals surface area contributed by atoms with Crippen LogP contribution in [0.2, 0.25) is 0 Å². The third kappa shape index (κ3) is 4.35. The summed E-state index contributed by atoms with van der Waals surface area (Å²) in [5, 5.41) is 6.89. The number of fused-ring (bicyclic) bond motifs is 1. The van der Waals surface area contributed by atoms with Gasteiger partial charge in [0.25, 0.3) is 11.8 Å². The number of ether oxygens (including phenoxy) is 1. The second-order valence-corrected chi connectivity index (χ2v) is 6.68. The number of hydrogen-bond donors (Lipinski definition) is 2. The van der Waals surface area contributed by atoms with Crippen molar-refractivity contribution in [1.82, 2.24) is 10.3 Å². The Morgan fingerprint density at radius 1 is 0.903 bits per heavy atom. The van der Waals surface area contributed by atoms with E-state index in [1.54, 1.807) is 36.4 Å². The molecular weight excluding hydrogens is 397 g/mol. The van der Waals surface area contributed by atoms with Gasteiger partial charge in [-0.25, -0.2) is 4.39 Å². The van der Waals surface area contributed by atoms with Gasteiger partial charge in [0, 0.05) is 30.4 Å². The standard InChI is InChI=1S/C24H18FN3O3/c1-26-24(30)22-14-17(11-12-27-22)31-16-9-10-18-15(13-16)5-4-8-21(18)28-23(29)19-6-2-3-7-20(19)25/h2-14H,1H3,(H,26,30)(H,28,29). The molecule has 2 N–H and O–H groups in total. The highest BCUT2D eigenvalue weighted by Gasteiger charge is 2.13. The predicted molar refractivity (Wildman–Crippen MR) is 116 cm³/mol. The van der Waals surface area contributed by atoms with Crippen LogP contribution in [0.15, 0.2) is 79.0 Å². The highest BCUT2D eigenvalue weighted by molar-refractivity contribution is 6.09. The van der Waals surface area contributed by atoms with Crippen LogP contribution in [-0.2, 0) is 0 Å². The molecule has 0 aliphatic rings. The summed E-state index contributed by atoms with van der Waals surface area (Å²) in [6.07, 6.45) is 1.50. The summed E-state index contributed by atoms with van der Waals surface area (Å²) >= 11 is 0. The molecule has 6 nitrogen and oxygen atoms in total. The molecule has 0 aliphatic heterocycles. The number of nitrogens with zero attached hydrogens (tertiary/aromatic N) is 1. The quantitative estimate of drug-likeness (QED) is 0.492. The first kappa shape index (κ1) is 20.0. The van der Waals surface area contributed by atoms with E-state index in [2.05, 4.69) is 15.6 Å². The van der Waals surface area contributed by atoms with Gasteiger partial charge < -0.3 is 15.4 Å². The van der Waals surface area contributed by atoms with E-state index in [-0.39, 0.29) is 17.2 Å². The van der Waals surface area contributed by atoms with Crippen LogP contribution < -0.4 is 15.4 Å². The number of benzene rings is 3. The van der Waals surface area contributed by atoms with Crippen molar-refractivity contribution in [1.29, 1.82) is 0 Å². The number of aromatic nitrogens is 1. The maximum Gasteiger partial charge on any atom is 0.269 e. The van der Waals surface area contributed by atoms with Gasteiger partial charge in [-0.3, -0.25) is 14.6 Å². The van der Waals surface area contributed by atoms with E-state index in [0.717, 1.165) is 10.8 Å². The van der Waals surface area contributed by atoms with Gasteiger partial charge in [0.2, 0.25) is 0 Å². The van der Waals surface area contributed by atoms with Gasteiger partial charge in [0.1, 0.15) is 23.0 Å². The van der Waals surface area contributed by atoms with Crippen molar-refractivity contribution < 1.29 is 18.7 Å². The van der Waals surface area contributed by atoms with E-state index in [4.69, 9.17) is 4.74 Å². The molecule has 0 saturated heterocycles. The zero-order chi connectivity index (χ0) is 21.8. The third-order valence-corrected chi connectivity index (χ3v) is 4.65. The molecule has 0 aliphatic carbocycles. The molecule has 31 heavy (non-hydrogen) atoms. The average molecular weight is 415 g/mol. The van der Waals surface area contributed by atoms with Crippen molar-refractivity contribution in [2.24, 2.45) is 0 Å². The Bertz CT molecular complexity index is 1290. The summed E-state index contributed by atoms with van der Waals surface area (Å²) in [7, 11) is 1.53. The van der Waals surface area contributed by atoms with Crippen LogP contribution in [0.1, 0.15) is 20.8 Å². The Labute approximate surface area is 177 Å². The summed E-state index contributed by atoms with van der Waals surface area (Å²) in [6.45, 7) is 0. The highest BCUT2D eigenvalue weighted by Crippen LogP contribution is 2.30. The summed E-state index contributed by atoms with van der Waals surface area (Å²) in [5.74, 6) is -0.385. The van der Waals surface area contributed by atoms with E-state index in [9.17, 15) is 14.0 Å². The minimum Gasteiger partial charge on any atom is -0.457 e. The van der Waals surface area contributed by atoms with Crippen LogP contribution in [0.25, 0.3) is 10.8 Å². The van der Waals surface area contributed by atoms with Gasteiger partial charge >= 0.3 is 0 Å². The molecule has 0 radical (unpaired) electrons. The molecule has 0 atom stereocenters. The lowest BCUT2D eigenvalue weighted by molar-refractivity contribution is 0.0956. The number of anilines is 1. The largest absolute Gasteiger partial charge is 0.457 e. The molecule has 0 fully saturated rings. The molecule has 0 saturated carbocycles. The van der Waals surface area contributed by atoms with Crippen LogP contribution in [-0.4, -0.2) is 23.8 Å². The molecule has 2 amide bonds. The lowest BCUT2D eigenvalue weighted by atomic mass is 10.1. The van der Waals surface area contributed by atoms with Crippen molar-refractivity contribution in [3.63, 3.8) is 0 Å². The second-order valence-electron chi connectivity index (χ2n) is 6.68. The number of carbonyl (C=O) groups excluding carboxylic acids is 2. The van der Waals surface area contributed by atoms with E-state index >= 15 is 0 Å². The van der Waals surface area contributed by atoms with Gasteiger partial charge in [0.05, 0.1) is 5.56 Å². The highest BCUT2D eigenvalue weighted by atomic mass is 19.1. The Hall–Kier alpha value is -4.26. The molecule has 0 unspecified atom stereocenters. The lowest BCUT2D eigenvalue weighted by Crippen LogP contribution is -2.18. The Balaban J connectivity index is 1.59. The SMILES string of the molecule is CNC(=O)c1cc(Oc2ccc3c(NC(=O)c4ccccc4F)cccc3c2)ccn1. The van der Waals surface area contributed by atoms with Crippen LogP contribution in [0.3, 0.4) is 0 Å². The minimum absolute atomic E-state index is 0.0240. The van der Waals surface area contributed by atoms with E-state index < -0.39 is 11.7 Å². The molecule has 4 rings (SSSR count). The average Bonchev–Trinajstić information content (AvgIpc) is 2.79. The van der Waals surface area contributed by atoms with E-state index in [0.29, 0.717) is 17.2 Å². The topological polar surface area (TPSA) is 80.3 Å². The molecule has 1 aromatic heterocycles. The number of rotatable bonds is 5. The first-order valence-corrected chi connectivity index (χ1v) is 9.50. The Morgan fingerprint density at radius 2 is 1.71 bits per heavy atom. The molecule has 3 aromatic carbocycles. The molecule has 7 heteroatoms. The molecule has 4 aromatic rings. The van der Waals surface area contributed by atoms with Crippen LogP contribution in [0.4, 0.5) is 10.1 Å². The lowest BCUT2D eigenvalue weighted by Gasteiger charge is -2.11.